The van der Waals surface area contributed by atoms with Gasteiger partial charge in [-0.3, -0.25) is 4.79 Å². The normalized spacial score (nSPS) is 14.8. The molecule has 108 valence electrons. The average molecular weight is 283 g/mol. The van der Waals surface area contributed by atoms with Crippen molar-refractivity contribution in [1.82, 2.24) is 0 Å². The molecule has 2 aromatic carbocycles. The minimum atomic E-state index is -0.666. The van der Waals surface area contributed by atoms with Gasteiger partial charge < -0.3 is 14.8 Å². The van der Waals surface area contributed by atoms with Crippen LogP contribution in [0.25, 0.3) is 0 Å². The fraction of sp³-hybridized carbons (Fsp3) is 0.235. The van der Waals surface area contributed by atoms with Crippen molar-refractivity contribution in [2.75, 3.05) is 5.32 Å². The van der Waals surface area contributed by atoms with Gasteiger partial charge in [0, 0.05) is 31.2 Å². The predicted octanol–water partition coefficient (Wildman–Crippen LogP) is 3.75. The van der Waals surface area contributed by atoms with E-state index in [1.54, 1.807) is 24.3 Å². The summed E-state index contributed by atoms with van der Waals surface area (Å²) in [5.41, 5.74) is 2.29. The SMILES string of the molecule is Cc1ccccc1C(=O)Nc1ccc2c(c1)OC(C)(C)O2. The highest BCUT2D eigenvalue weighted by molar-refractivity contribution is 6.05. The fourth-order valence-corrected chi connectivity index (χ4v) is 2.33. The molecule has 1 heterocycles. The molecule has 0 saturated carbocycles. The first kappa shape index (κ1) is 13.5. The molecule has 2 aromatic rings. The van der Waals surface area contributed by atoms with Gasteiger partial charge in [0.25, 0.3) is 5.91 Å². The molecule has 0 saturated heterocycles. The third-order valence-electron chi connectivity index (χ3n) is 3.30. The van der Waals surface area contributed by atoms with Gasteiger partial charge in [-0.25, -0.2) is 0 Å². The summed E-state index contributed by atoms with van der Waals surface area (Å²) in [4.78, 5) is 12.3. The number of carbonyl (C=O) groups excluding carboxylic acids is 1. The van der Waals surface area contributed by atoms with E-state index in [4.69, 9.17) is 9.47 Å². The maximum Gasteiger partial charge on any atom is 0.255 e. The van der Waals surface area contributed by atoms with Crippen LogP contribution < -0.4 is 14.8 Å². The van der Waals surface area contributed by atoms with Crippen LogP contribution in [-0.2, 0) is 0 Å². The lowest BCUT2D eigenvalue weighted by atomic mass is 10.1. The Kier molecular flexibility index (Phi) is 3.09. The van der Waals surface area contributed by atoms with Crippen molar-refractivity contribution in [2.45, 2.75) is 26.6 Å². The second-order valence-electron chi connectivity index (χ2n) is 5.53. The molecule has 0 aliphatic carbocycles. The van der Waals surface area contributed by atoms with E-state index >= 15 is 0 Å². The molecule has 4 nitrogen and oxygen atoms in total. The lowest BCUT2D eigenvalue weighted by Gasteiger charge is -2.16. The first-order valence-corrected chi connectivity index (χ1v) is 6.84. The van der Waals surface area contributed by atoms with E-state index in [0.717, 1.165) is 5.56 Å². The monoisotopic (exact) mass is 283 g/mol. The number of aryl methyl sites for hydroxylation is 1. The number of carbonyl (C=O) groups is 1. The molecular formula is C17H17NO3. The zero-order valence-electron chi connectivity index (χ0n) is 12.3. The molecule has 0 bridgehead atoms. The number of hydrogen-bond acceptors (Lipinski definition) is 3. The largest absolute Gasteiger partial charge is 0.449 e. The molecule has 0 unspecified atom stereocenters. The van der Waals surface area contributed by atoms with Gasteiger partial charge in [0.1, 0.15) is 0 Å². The summed E-state index contributed by atoms with van der Waals surface area (Å²) in [6.07, 6.45) is 0. The van der Waals surface area contributed by atoms with Gasteiger partial charge in [0.15, 0.2) is 11.5 Å². The van der Waals surface area contributed by atoms with E-state index in [0.29, 0.717) is 22.7 Å². The highest BCUT2D eigenvalue weighted by Gasteiger charge is 2.31. The van der Waals surface area contributed by atoms with E-state index in [9.17, 15) is 4.79 Å². The molecule has 21 heavy (non-hydrogen) atoms. The van der Waals surface area contributed by atoms with Crippen LogP contribution in [0.15, 0.2) is 42.5 Å². The summed E-state index contributed by atoms with van der Waals surface area (Å²) >= 11 is 0. The molecular weight excluding hydrogens is 266 g/mol. The zero-order chi connectivity index (χ0) is 15.0. The van der Waals surface area contributed by atoms with Crippen molar-refractivity contribution in [3.8, 4) is 11.5 Å². The molecule has 0 radical (unpaired) electrons. The van der Waals surface area contributed by atoms with Gasteiger partial charge in [-0.1, -0.05) is 18.2 Å². The number of nitrogens with one attached hydrogen (secondary N) is 1. The molecule has 4 heteroatoms. The number of ether oxygens (including phenoxy) is 2. The second kappa shape index (κ2) is 4.81. The Morgan fingerprint density at radius 3 is 2.52 bits per heavy atom. The van der Waals surface area contributed by atoms with E-state index in [1.165, 1.54) is 0 Å². The molecule has 1 aliphatic heterocycles. The summed E-state index contributed by atoms with van der Waals surface area (Å²) in [5, 5.41) is 2.88. The van der Waals surface area contributed by atoms with Crippen LogP contribution in [0, 0.1) is 6.92 Å². The van der Waals surface area contributed by atoms with Crippen LogP contribution in [0.5, 0.6) is 11.5 Å². The summed E-state index contributed by atoms with van der Waals surface area (Å²) in [6.45, 7) is 5.61. The summed E-state index contributed by atoms with van der Waals surface area (Å²) < 4.78 is 11.3. The molecule has 3 rings (SSSR count). The van der Waals surface area contributed by atoms with E-state index in [1.807, 2.05) is 39.0 Å². The van der Waals surface area contributed by atoms with E-state index < -0.39 is 5.79 Å². The summed E-state index contributed by atoms with van der Waals surface area (Å²) in [6, 6.07) is 12.9. The zero-order valence-corrected chi connectivity index (χ0v) is 12.3. The van der Waals surface area contributed by atoms with Gasteiger partial charge in [-0.2, -0.15) is 0 Å². The number of rotatable bonds is 2. The van der Waals surface area contributed by atoms with Crippen LogP contribution >= 0.6 is 0 Å². The third-order valence-corrected chi connectivity index (χ3v) is 3.30. The van der Waals surface area contributed by atoms with Crippen molar-refractivity contribution in [3.05, 3.63) is 53.6 Å². The molecule has 0 fully saturated rings. The Balaban J connectivity index is 1.81. The van der Waals surface area contributed by atoms with Crippen molar-refractivity contribution >= 4 is 11.6 Å². The Labute approximate surface area is 123 Å². The maximum absolute atomic E-state index is 12.3. The topological polar surface area (TPSA) is 47.6 Å². The third kappa shape index (κ3) is 2.70. The first-order chi connectivity index (χ1) is 9.94. The van der Waals surface area contributed by atoms with Crippen LogP contribution in [0.3, 0.4) is 0 Å². The molecule has 0 spiro atoms. The van der Waals surface area contributed by atoms with Gasteiger partial charge in [-0.05, 0) is 30.7 Å². The number of hydrogen-bond donors (Lipinski definition) is 1. The summed E-state index contributed by atoms with van der Waals surface area (Å²) in [7, 11) is 0. The van der Waals surface area contributed by atoms with Crippen molar-refractivity contribution in [3.63, 3.8) is 0 Å². The number of amides is 1. The minimum absolute atomic E-state index is 0.133. The van der Waals surface area contributed by atoms with Crippen molar-refractivity contribution < 1.29 is 14.3 Å². The van der Waals surface area contributed by atoms with Gasteiger partial charge >= 0.3 is 0 Å². The average Bonchev–Trinajstić information content (AvgIpc) is 2.72. The van der Waals surface area contributed by atoms with Crippen LogP contribution in [0.4, 0.5) is 5.69 Å². The molecule has 0 atom stereocenters. The Hall–Kier alpha value is -2.49. The highest BCUT2D eigenvalue weighted by Crippen LogP contribution is 2.40. The predicted molar refractivity (Wildman–Crippen MR) is 80.9 cm³/mol. The highest BCUT2D eigenvalue weighted by atomic mass is 16.7. The Morgan fingerprint density at radius 1 is 1.05 bits per heavy atom. The molecule has 0 aromatic heterocycles. The van der Waals surface area contributed by atoms with E-state index in [-0.39, 0.29) is 5.91 Å². The Bertz CT molecular complexity index is 707. The van der Waals surface area contributed by atoms with Crippen LogP contribution in [0.2, 0.25) is 0 Å². The molecule has 1 N–H and O–H groups in total. The summed E-state index contributed by atoms with van der Waals surface area (Å²) in [5.74, 6) is 0.531. The lowest BCUT2D eigenvalue weighted by Crippen LogP contribution is -2.29. The smallest absolute Gasteiger partial charge is 0.255 e. The molecule has 1 aliphatic rings. The Morgan fingerprint density at radius 2 is 1.76 bits per heavy atom. The van der Waals surface area contributed by atoms with Crippen molar-refractivity contribution in [2.24, 2.45) is 0 Å². The van der Waals surface area contributed by atoms with Gasteiger partial charge in [0.2, 0.25) is 5.79 Å². The van der Waals surface area contributed by atoms with Crippen LogP contribution in [-0.4, -0.2) is 11.7 Å². The number of fused-ring (bicyclic) bond motifs is 1. The second-order valence-corrected chi connectivity index (χ2v) is 5.53. The van der Waals surface area contributed by atoms with Gasteiger partial charge in [-0.15, -0.1) is 0 Å². The quantitative estimate of drug-likeness (QED) is 0.913. The van der Waals surface area contributed by atoms with E-state index in [2.05, 4.69) is 5.32 Å². The standard InChI is InChI=1S/C17H17NO3/c1-11-6-4-5-7-13(11)16(19)18-12-8-9-14-15(10-12)21-17(2,3)20-14/h4-10H,1-3H3,(H,18,19). The number of benzene rings is 2. The lowest BCUT2D eigenvalue weighted by molar-refractivity contribution is -0.0431. The number of anilines is 1. The maximum atomic E-state index is 12.3. The molecule has 1 amide bonds. The van der Waals surface area contributed by atoms with Crippen molar-refractivity contribution in [1.29, 1.82) is 0 Å². The van der Waals surface area contributed by atoms with Crippen LogP contribution in [0.1, 0.15) is 29.8 Å². The fourth-order valence-electron chi connectivity index (χ4n) is 2.33. The minimum Gasteiger partial charge on any atom is -0.449 e. The van der Waals surface area contributed by atoms with Gasteiger partial charge in [0.05, 0.1) is 0 Å². The first-order valence-electron chi connectivity index (χ1n) is 6.84.